The van der Waals surface area contributed by atoms with E-state index in [-0.39, 0.29) is 17.9 Å². The molecule has 0 bridgehead atoms. The van der Waals surface area contributed by atoms with E-state index in [0.717, 1.165) is 12.2 Å². The Morgan fingerprint density at radius 1 is 1.45 bits per heavy atom. The highest BCUT2D eigenvalue weighted by Crippen LogP contribution is 2.31. The molecule has 22 heavy (non-hydrogen) atoms. The van der Waals surface area contributed by atoms with Gasteiger partial charge in [0.1, 0.15) is 17.2 Å². The lowest BCUT2D eigenvalue weighted by molar-refractivity contribution is 0.0313. The molecule has 2 heterocycles. The third-order valence-electron chi connectivity index (χ3n) is 3.72. The van der Waals surface area contributed by atoms with E-state index in [0.29, 0.717) is 18.9 Å². The highest BCUT2D eigenvalue weighted by atomic mass is 16.6. The van der Waals surface area contributed by atoms with Crippen LogP contribution in [0.15, 0.2) is 29.1 Å². The second-order valence-corrected chi connectivity index (χ2v) is 6.59. The molecule has 0 aliphatic carbocycles. The van der Waals surface area contributed by atoms with Crippen molar-refractivity contribution in [3.63, 3.8) is 0 Å². The first-order chi connectivity index (χ1) is 10.3. The van der Waals surface area contributed by atoms with Gasteiger partial charge in [0.05, 0.1) is 13.7 Å². The minimum Gasteiger partial charge on any atom is -0.501 e. The third kappa shape index (κ3) is 4.02. The number of hydrogen-bond acceptors (Lipinski definition) is 5. The quantitative estimate of drug-likeness (QED) is 0.849. The van der Waals surface area contributed by atoms with Crippen LogP contribution in [-0.2, 0) is 9.47 Å². The van der Waals surface area contributed by atoms with Crippen LogP contribution in [0.25, 0.3) is 0 Å². The molecule has 0 radical (unpaired) electrons. The number of dihydropyridines is 1. The highest BCUT2D eigenvalue weighted by Gasteiger charge is 2.31. The molecule has 1 amide bonds. The maximum absolute atomic E-state index is 12.0. The van der Waals surface area contributed by atoms with E-state index in [1.165, 1.54) is 0 Å². The first-order valence-corrected chi connectivity index (χ1v) is 7.53. The van der Waals surface area contributed by atoms with E-state index >= 15 is 0 Å². The van der Waals surface area contributed by atoms with Gasteiger partial charge < -0.3 is 15.2 Å². The van der Waals surface area contributed by atoms with E-state index < -0.39 is 5.60 Å². The summed E-state index contributed by atoms with van der Waals surface area (Å²) in [6.07, 6.45) is 6.15. The van der Waals surface area contributed by atoms with Gasteiger partial charge in [-0.1, -0.05) is 6.08 Å². The van der Waals surface area contributed by atoms with E-state index in [1.54, 1.807) is 24.3 Å². The Morgan fingerprint density at radius 2 is 2.18 bits per heavy atom. The molecule has 2 rings (SSSR count). The summed E-state index contributed by atoms with van der Waals surface area (Å²) in [5.74, 6) is 1.81. The molecule has 0 aromatic carbocycles. The first kappa shape index (κ1) is 16.4. The van der Waals surface area contributed by atoms with Crippen molar-refractivity contribution in [3.8, 4) is 0 Å². The van der Waals surface area contributed by atoms with Crippen LogP contribution in [0.3, 0.4) is 0 Å². The van der Waals surface area contributed by atoms with Crippen LogP contribution in [-0.4, -0.2) is 42.6 Å². The number of ether oxygens (including phenoxy) is 2. The molecule has 2 N–H and O–H groups in total. The number of amides is 1. The fourth-order valence-electron chi connectivity index (χ4n) is 2.63. The molecule has 2 aliphatic heterocycles. The van der Waals surface area contributed by atoms with E-state index in [1.807, 2.05) is 26.8 Å². The van der Waals surface area contributed by atoms with Crippen LogP contribution < -0.4 is 5.73 Å². The Hall–Kier alpha value is -1.98. The molecule has 0 saturated heterocycles. The number of allylic oxidation sites excluding steroid dienone is 1. The van der Waals surface area contributed by atoms with E-state index in [4.69, 9.17) is 15.2 Å². The molecule has 0 fully saturated rings. The first-order valence-electron chi connectivity index (χ1n) is 7.53. The van der Waals surface area contributed by atoms with Gasteiger partial charge in [0.2, 0.25) is 0 Å². The summed E-state index contributed by atoms with van der Waals surface area (Å²) < 4.78 is 10.8. The lowest BCUT2D eigenvalue weighted by Crippen LogP contribution is -2.38. The zero-order valence-corrected chi connectivity index (χ0v) is 13.7. The van der Waals surface area contributed by atoms with E-state index in [2.05, 4.69) is 4.99 Å². The van der Waals surface area contributed by atoms with Gasteiger partial charge >= 0.3 is 6.09 Å². The summed E-state index contributed by atoms with van der Waals surface area (Å²) in [6, 6.07) is 0. The van der Waals surface area contributed by atoms with Crippen molar-refractivity contribution in [3.05, 3.63) is 24.1 Å². The van der Waals surface area contributed by atoms with Crippen molar-refractivity contribution in [2.45, 2.75) is 32.8 Å². The van der Waals surface area contributed by atoms with Crippen molar-refractivity contribution < 1.29 is 14.3 Å². The van der Waals surface area contributed by atoms with Crippen LogP contribution >= 0.6 is 0 Å². The van der Waals surface area contributed by atoms with Crippen LogP contribution in [0.1, 0.15) is 27.2 Å². The van der Waals surface area contributed by atoms with Gasteiger partial charge in [-0.15, -0.1) is 0 Å². The Balaban J connectivity index is 2.00. The van der Waals surface area contributed by atoms with Crippen LogP contribution in [0.2, 0.25) is 0 Å². The number of nitrogens with zero attached hydrogens (tertiary/aromatic N) is 2. The zero-order valence-electron chi connectivity index (χ0n) is 13.7. The molecule has 0 aromatic heterocycles. The summed E-state index contributed by atoms with van der Waals surface area (Å²) in [7, 11) is 1.65. The maximum Gasteiger partial charge on any atom is 0.414 e. The summed E-state index contributed by atoms with van der Waals surface area (Å²) >= 11 is 0. The van der Waals surface area contributed by atoms with Gasteiger partial charge in [-0.2, -0.15) is 0 Å². The van der Waals surface area contributed by atoms with Gasteiger partial charge in [-0.05, 0) is 33.1 Å². The topological polar surface area (TPSA) is 77.2 Å². The molecule has 122 valence electrons. The second-order valence-electron chi connectivity index (χ2n) is 6.59. The molecule has 6 heteroatoms. The number of rotatable bonds is 2. The summed E-state index contributed by atoms with van der Waals surface area (Å²) in [4.78, 5) is 17.9. The SMILES string of the molecule is COC1=CC(N)=NCC1C1C=CN(C(=O)OC(C)(C)C)CC1. The Morgan fingerprint density at radius 3 is 2.73 bits per heavy atom. The normalized spacial score (nSPS) is 25.4. The third-order valence-corrected chi connectivity index (χ3v) is 3.72. The molecule has 0 saturated carbocycles. The Labute approximate surface area is 131 Å². The number of carbonyl (C=O) groups excluding carboxylic acids is 1. The number of carbonyl (C=O) groups is 1. The zero-order chi connectivity index (χ0) is 16.3. The molecule has 2 aliphatic rings. The number of methoxy groups -OCH3 is 1. The van der Waals surface area contributed by atoms with Crippen LogP contribution in [0.4, 0.5) is 4.79 Å². The van der Waals surface area contributed by atoms with E-state index in [9.17, 15) is 4.79 Å². The lowest BCUT2D eigenvalue weighted by atomic mass is 9.85. The molecule has 0 spiro atoms. The van der Waals surface area contributed by atoms with Gasteiger partial charge in [-0.25, -0.2) is 4.79 Å². The van der Waals surface area contributed by atoms with Gasteiger partial charge in [0.25, 0.3) is 0 Å². The smallest absolute Gasteiger partial charge is 0.414 e. The molecule has 2 unspecified atom stereocenters. The lowest BCUT2D eigenvalue weighted by Gasteiger charge is -2.33. The fraction of sp³-hybridized carbons (Fsp3) is 0.625. The highest BCUT2D eigenvalue weighted by molar-refractivity contribution is 5.92. The Bertz CT molecular complexity index is 517. The average Bonchev–Trinajstić information content (AvgIpc) is 2.45. The number of amidine groups is 1. The molecule has 0 aromatic rings. The van der Waals surface area contributed by atoms with Crippen LogP contribution in [0.5, 0.6) is 0 Å². The Kier molecular flexibility index (Phi) is 4.78. The predicted molar refractivity (Wildman–Crippen MR) is 85.3 cm³/mol. The minimum absolute atomic E-state index is 0.175. The van der Waals surface area contributed by atoms with Gasteiger partial charge in [-0.3, -0.25) is 9.89 Å². The van der Waals surface area contributed by atoms with Crippen molar-refractivity contribution in [2.75, 3.05) is 20.2 Å². The molecule has 2 atom stereocenters. The minimum atomic E-state index is -0.483. The molecular weight excluding hydrogens is 282 g/mol. The van der Waals surface area contributed by atoms with Crippen molar-refractivity contribution >= 4 is 11.9 Å². The molecular formula is C16H25N3O3. The monoisotopic (exact) mass is 307 g/mol. The van der Waals surface area contributed by atoms with Crippen molar-refractivity contribution in [1.82, 2.24) is 4.90 Å². The van der Waals surface area contributed by atoms with Gasteiger partial charge in [0.15, 0.2) is 0 Å². The summed E-state index contributed by atoms with van der Waals surface area (Å²) in [5, 5.41) is 0. The van der Waals surface area contributed by atoms with Crippen molar-refractivity contribution in [2.24, 2.45) is 22.6 Å². The average molecular weight is 307 g/mol. The molecule has 6 nitrogen and oxygen atoms in total. The summed E-state index contributed by atoms with van der Waals surface area (Å²) in [6.45, 7) is 6.83. The summed E-state index contributed by atoms with van der Waals surface area (Å²) in [5.41, 5.74) is 5.24. The fourth-order valence-corrected chi connectivity index (χ4v) is 2.63. The van der Waals surface area contributed by atoms with Crippen LogP contribution in [0, 0.1) is 11.8 Å². The van der Waals surface area contributed by atoms with Crippen molar-refractivity contribution in [1.29, 1.82) is 0 Å². The standard InChI is InChI=1S/C16H25N3O3/c1-16(2,3)22-15(20)19-7-5-11(6-8-19)12-10-18-14(17)9-13(12)21-4/h5,7,9,11-12H,6,8,10H2,1-4H3,(H2,17,18). The second kappa shape index (κ2) is 6.42. The predicted octanol–water partition coefficient (Wildman–Crippen LogP) is 2.27. The van der Waals surface area contributed by atoms with Gasteiger partial charge in [0, 0.05) is 24.7 Å². The number of nitrogens with two attached hydrogens (primary N) is 1. The largest absolute Gasteiger partial charge is 0.501 e. The maximum atomic E-state index is 12.0. The number of aliphatic imine (C=N–C) groups is 1. The number of hydrogen-bond donors (Lipinski definition) is 1.